The van der Waals surface area contributed by atoms with Crippen molar-refractivity contribution in [3.63, 3.8) is 0 Å². The van der Waals surface area contributed by atoms with Gasteiger partial charge in [0.25, 0.3) is 0 Å². The van der Waals surface area contributed by atoms with Gasteiger partial charge in [-0.15, -0.1) is 0 Å². The van der Waals surface area contributed by atoms with Crippen LogP contribution < -0.4 is 0 Å². The van der Waals surface area contributed by atoms with Crippen molar-refractivity contribution in [3.8, 4) is 0 Å². The van der Waals surface area contributed by atoms with Gasteiger partial charge in [0.1, 0.15) is 11.6 Å². The molecule has 0 radical (unpaired) electrons. The van der Waals surface area contributed by atoms with Gasteiger partial charge < -0.3 is 4.74 Å². The van der Waals surface area contributed by atoms with Gasteiger partial charge in [0.15, 0.2) is 0 Å². The van der Waals surface area contributed by atoms with Crippen molar-refractivity contribution in [3.05, 3.63) is 65.5 Å². The SMILES string of the molecule is COCCCN(Cc1ccccn1)Cc1c(F)cccc1F. The summed E-state index contributed by atoms with van der Waals surface area (Å²) in [4.78, 5) is 6.25. The van der Waals surface area contributed by atoms with E-state index in [4.69, 9.17) is 4.74 Å². The Labute approximate surface area is 129 Å². The van der Waals surface area contributed by atoms with E-state index < -0.39 is 11.6 Å². The number of hydrogen-bond acceptors (Lipinski definition) is 3. The minimum Gasteiger partial charge on any atom is -0.385 e. The van der Waals surface area contributed by atoms with Crippen LogP contribution in [0.25, 0.3) is 0 Å². The van der Waals surface area contributed by atoms with Crippen LogP contribution >= 0.6 is 0 Å². The fraction of sp³-hybridized carbons (Fsp3) is 0.353. The first-order chi connectivity index (χ1) is 10.7. The number of halogens is 2. The van der Waals surface area contributed by atoms with Gasteiger partial charge in [0.05, 0.1) is 5.69 Å². The van der Waals surface area contributed by atoms with Gasteiger partial charge in [0.2, 0.25) is 0 Å². The lowest BCUT2D eigenvalue weighted by Gasteiger charge is -2.22. The number of benzene rings is 1. The third-order valence-electron chi connectivity index (χ3n) is 3.38. The van der Waals surface area contributed by atoms with E-state index in [2.05, 4.69) is 4.98 Å². The number of rotatable bonds is 8. The van der Waals surface area contributed by atoms with Gasteiger partial charge in [-0.25, -0.2) is 8.78 Å². The number of aromatic nitrogens is 1. The van der Waals surface area contributed by atoms with Crippen molar-refractivity contribution in [2.75, 3.05) is 20.3 Å². The quantitative estimate of drug-likeness (QED) is 0.699. The van der Waals surface area contributed by atoms with E-state index >= 15 is 0 Å². The van der Waals surface area contributed by atoms with Crippen molar-refractivity contribution in [2.24, 2.45) is 0 Å². The van der Waals surface area contributed by atoms with E-state index in [1.165, 1.54) is 18.2 Å². The molecule has 0 saturated heterocycles. The Morgan fingerprint density at radius 3 is 2.45 bits per heavy atom. The average Bonchev–Trinajstić information content (AvgIpc) is 2.52. The normalized spacial score (nSPS) is 11.1. The number of ether oxygens (including phenoxy) is 1. The van der Waals surface area contributed by atoms with Crippen LogP contribution in [0.15, 0.2) is 42.6 Å². The van der Waals surface area contributed by atoms with Crippen LogP contribution in [0.3, 0.4) is 0 Å². The van der Waals surface area contributed by atoms with Crippen LogP contribution in [-0.4, -0.2) is 30.1 Å². The summed E-state index contributed by atoms with van der Waals surface area (Å²) in [6.07, 6.45) is 2.51. The molecular formula is C17H20F2N2O. The predicted octanol–water partition coefficient (Wildman–Crippen LogP) is 3.40. The monoisotopic (exact) mass is 306 g/mol. The number of methoxy groups -OCH3 is 1. The molecule has 0 bridgehead atoms. The first-order valence-corrected chi connectivity index (χ1v) is 7.25. The first-order valence-electron chi connectivity index (χ1n) is 7.25. The summed E-state index contributed by atoms with van der Waals surface area (Å²) in [5, 5.41) is 0. The lowest BCUT2D eigenvalue weighted by Crippen LogP contribution is -2.26. The lowest BCUT2D eigenvalue weighted by molar-refractivity contribution is 0.164. The molecule has 1 heterocycles. The Morgan fingerprint density at radius 1 is 1.05 bits per heavy atom. The summed E-state index contributed by atoms with van der Waals surface area (Å²) in [5.41, 5.74) is 0.965. The zero-order chi connectivity index (χ0) is 15.8. The highest BCUT2D eigenvalue weighted by atomic mass is 19.1. The van der Waals surface area contributed by atoms with Gasteiger partial charge in [-0.05, 0) is 30.7 Å². The molecule has 0 saturated carbocycles. The number of hydrogen-bond donors (Lipinski definition) is 0. The summed E-state index contributed by atoms with van der Waals surface area (Å²) in [7, 11) is 1.64. The number of pyridine rings is 1. The molecule has 5 heteroatoms. The van der Waals surface area contributed by atoms with Gasteiger partial charge >= 0.3 is 0 Å². The van der Waals surface area contributed by atoms with Crippen molar-refractivity contribution in [1.82, 2.24) is 9.88 Å². The molecule has 0 aliphatic heterocycles. The molecule has 1 aromatic carbocycles. The second-order valence-electron chi connectivity index (χ2n) is 5.08. The van der Waals surface area contributed by atoms with E-state index in [1.807, 2.05) is 23.1 Å². The maximum absolute atomic E-state index is 13.8. The molecule has 0 N–H and O–H groups in total. The summed E-state index contributed by atoms with van der Waals surface area (Å²) >= 11 is 0. The molecule has 0 fully saturated rings. The molecule has 0 atom stereocenters. The second kappa shape index (κ2) is 8.56. The van der Waals surface area contributed by atoms with Crippen LogP contribution in [-0.2, 0) is 17.8 Å². The summed E-state index contributed by atoms with van der Waals surface area (Å²) in [5.74, 6) is -1.03. The summed E-state index contributed by atoms with van der Waals surface area (Å²) in [6.45, 7) is 2.04. The predicted molar refractivity (Wildman–Crippen MR) is 81.2 cm³/mol. The highest BCUT2D eigenvalue weighted by molar-refractivity contribution is 5.19. The van der Waals surface area contributed by atoms with Crippen LogP contribution in [0.2, 0.25) is 0 Å². The van der Waals surface area contributed by atoms with Gasteiger partial charge in [-0.1, -0.05) is 12.1 Å². The van der Waals surface area contributed by atoms with Gasteiger partial charge in [0, 0.05) is 45.1 Å². The van der Waals surface area contributed by atoms with Crippen molar-refractivity contribution in [2.45, 2.75) is 19.5 Å². The number of nitrogens with zero attached hydrogens (tertiary/aromatic N) is 2. The Kier molecular flexibility index (Phi) is 6.43. The third kappa shape index (κ3) is 4.86. The minimum absolute atomic E-state index is 0.0934. The van der Waals surface area contributed by atoms with E-state index in [-0.39, 0.29) is 12.1 Å². The van der Waals surface area contributed by atoms with E-state index in [0.29, 0.717) is 19.7 Å². The molecule has 2 aromatic rings. The molecule has 0 aliphatic rings. The van der Waals surface area contributed by atoms with Gasteiger partial charge in [-0.3, -0.25) is 9.88 Å². The van der Waals surface area contributed by atoms with Crippen molar-refractivity contribution >= 4 is 0 Å². The maximum Gasteiger partial charge on any atom is 0.130 e. The highest BCUT2D eigenvalue weighted by Gasteiger charge is 2.14. The largest absolute Gasteiger partial charge is 0.385 e. The summed E-state index contributed by atoms with van der Waals surface area (Å²) < 4.78 is 32.7. The lowest BCUT2D eigenvalue weighted by atomic mass is 10.1. The molecule has 0 unspecified atom stereocenters. The fourth-order valence-electron chi connectivity index (χ4n) is 2.27. The Balaban J connectivity index is 2.10. The second-order valence-corrected chi connectivity index (χ2v) is 5.08. The van der Waals surface area contributed by atoms with Crippen molar-refractivity contribution < 1.29 is 13.5 Å². The maximum atomic E-state index is 13.8. The molecule has 22 heavy (non-hydrogen) atoms. The molecule has 3 nitrogen and oxygen atoms in total. The molecule has 2 rings (SSSR count). The topological polar surface area (TPSA) is 25.4 Å². The summed E-state index contributed by atoms with van der Waals surface area (Å²) in [6, 6.07) is 9.59. The molecule has 1 aromatic heterocycles. The smallest absolute Gasteiger partial charge is 0.130 e. The van der Waals surface area contributed by atoms with E-state index in [9.17, 15) is 8.78 Å². The van der Waals surface area contributed by atoms with Crippen LogP contribution in [0.4, 0.5) is 8.78 Å². The molecule has 0 amide bonds. The van der Waals surface area contributed by atoms with E-state index in [0.717, 1.165) is 12.1 Å². The molecule has 0 aliphatic carbocycles. The molecular weight excluding hydrogens is 286 g/mol. The van der Waals surface area contributed by atoms with E-state index in [1.54, 1.807) is 13.3 Å². The Morgan fingerprint density at radius 2 is 1.82 bits per heavy atom. The average molecular weight is 306 g/mol. The Hall–Kier alpha value is -1.85. The van der Waals surface area contributed by atoms with Crippen LogP contribution in [0.1, 0.15) is 17.7 Å². The standard InChI is InChI=1S/C17H20F2N2O/c1-22-11-5-10-21(12-14-6-2-3-9-20-14)13-15-16(18)7-4-8-17(15)19/h2-4,6-9H,5,10-13H2,1H3. The zero-order valence-corrected chi connectivity index (χ0v) is 12.6. The first kappa shape index (κ1) is 16.5. The third-order valence-corrected chi connectivity index (χ3v) is 3.38. The highest BCUT2D eigenvalue weighted by Crippen LogP contribution is 2.16. The molecule has 118 valence electrons. The minimum atomic E-state index is -0.516. The van der Waals surface area contributed by atoms with Crippen LogP contribution in [0.5, 0.6) is 0 Å². The Bertz CT molecular complexity index is 558. The van der Waals surface area contributed by atoms with Crippen molar-refractivity contribution in [1.29, 1.82) is 0 Å². The van der Waals surface area contributed by atoms with Gasteiger partial charge in [-0.2, -0.15) is 0 Å². The fourth-order valence-corrected chi connectivity index (χ4v) is 2.27. The molecule has 0 spiro atoms. The zero-order valence-electron chi connectivity index (χ0n) is 12.6. The van der Waals surface area contributed by atoms with Crippen LogP contribution in [0, 0.1) is 11.6 Å².